The van der Waals surface area contributed by atoms with Crippen LogP contribution in [-0.4, -0.2) is 24.9 Å². The normalized spacial score (nSPS) is 11.6. The Morgan fingerprint density at radius 3 is 1.16 bits per heavy atom. The molecule has 0 saturated heterocycles. The van der Waals surface area contributed by atoms with E-state index < -0.39 is 0 Å². The number of pyridine rings is 5. The molecule has 260 valence electrons. The van der Waals surface area contributed by atoms with Crippen LogP contribution in [0.5, 0.6) is 0 Å². The summed E-state index contributed by atoms with van der Waals surface area (Å²) < 4.78 is 0. The standard InChI is InChI=1S/C51H31N5/c1-2-6-32(7-3-1)44-23-17-36-14-15-37-18-24-45(56-51(37)50(36)55-44)35-12-10-34(11-13-35)43-27-21-40-30-38(19-25-46(40)52-43)39-20-26-47-41(31-39)22-29-49(54-47)48-28-16-33-8-4-5-9-42(33)53-48/h1-31H. The number of aromatic nitrogens is 5. The number of nitrogens with zero attached hydrogens (tertiary/aromatic N) is 5. The number of fused-ring (bicyclic) bond motifs is 6. The summed E-state index contributed by atoms with van der Waals surface area (Å²) in [6.07, 6.45) is 0. The molecule has 0 bridgehead atoms. The van der Waals surface area contributed by atoms with Gasteiger partial charge in [0.2, 0.25) is 0 Å². The number of benzene rings is 6. The predicted octanol–water partition coefficient (Wildman–Crippen LogP) is 12.8. The van der Waals surface area contributed by atoms with Crippen LogP contribution >= 0.6 is 0 Å². The van der Waals surface area contributed by atoms with Crippen molar-refractivity contribution in [1.82, 2.24) is 24.9 Å². The van der Waals surface area contributed by atoms with Crippen LogP contribution in [-0.2, 0) is 0 Å². The zero-order valence-electron chi connectivity index (χ0n) is 30.1. The number of para-hydroxylation sites is 1. The van der Waals surface area contributed by atoms with Crippen molar-refractivity contribution >= 4 is 54.5 Å². The highest BCUT2D eigenvalue weighted by Gasteiger charge is 2.11. The molecule has 0 aliphatic rings. The maximum atomic E-state index is 5.14. The molecule has 0 amide bonds. The van der Waals surface area contributed by atoms with Crippen LogP contribution in [0.25, 0.3) is 111 Å². The zero-order chi connectivity index (χ0) is 37.0. The Morgan fingerprint density at radius 1 is 0.214 bits per heavy atom. The van der Waals surface area contributed by atoms with Gasteiger partial charge in [-0.15, -0.1) is 0 Å². The second-order valence-electron chi connectivity index (χ2n) is 14.1. The fourth-order valence-electron chi connectivity index (χ4n) is 7.63. The largest absolute Gasteiger partial charge is 0.248 e. The van der Waals surface area contributed by atoms with Gasteiger partial charge < -0.3 is 0 Å². The second kappa shape index (κ2) is 13.0. The lowest BCUT2D eigenvalue weighted by molar-refractivity contribution is 1.32. The van der Waals surface area contributed by atoms with Gasteiger partial charge in [-0.1, -0.05) is 127 Å². The van der Waals surface area contributed by atoms with E-state index in [0.29, 0.717) is 0 Å². The fourth-order valence-corrected chi connectivity index (χ4v) is 7.63. The smallest absolute Gasteiger partial charge is 0.0972 e. The minimum Gasteiger partial charge on any atom is -0.248 e. The first-order chi connectivity index (χ1) is 27.7. The third-order valence-corrected chi connectivity index (χ3v) is 10.6. The first-order valence-electron chi connectivity index (χ1n) is 18.7. The maximum Gasteiger partial charge on any atom is 0.0972 e. The molecule has 0 aliphatic heterocycles. The van der Waals surface area contributed by atoms with Crippen LogP contribution in [0, 0.1) is 0 Å². The first kappa shape index (κ1) is 31.9. The van der Waals surface area contributed by atoms with Crippen molar-refractivity contribution in [2.45, 2.75) is 0 Å². The number of hydrogen-bond donors (Lipinski definition) is 0. The van der Waals surface area contributed by atoms with Gasteiger partial charge in [0.1, 0.15) is 0 Å². The molecule has 0 spiro atoms. The SMILES string of the molecule is c1ccc(-c2ccc3ccc4ccc(-c5ccc(-c6ccc7cc(-c8ccc9nc(-c%10ccc%11ccccc%11n%10)ccc9c8)ccc7n6)cc5)nc4c3n2)cc1. The van der Waals surface area contributed by atoms with Crippen molar-refractivity contribution in [3.8, 4) is 56.3 Å². The number of rotatable bonds is 5. The molecule has 6 aromatic carbocycles. The molecule has 0 aliphatic carbocycles. The van der Waals surface area contributed by atoms with E-state index in [1.807, 2.05) is 42.5 Å². The fraction of sp³-hybridized carbons (Fsp3) is 0. The van der Waals surface area contributed by atoms with E-state index in [4.69, 9.17) is 24.9 Å². The Labute approximate surface area is 322 Å². The summed E-state index contributed by atoms with van der Waals surface area (Å²) in [4.78, 5) is 25.1. The summed E-state index contributed by atoms with van der Waals surface area (Å²) in [5, 5.41) is 5.45. The molecular weight excluding hydrogens is 683 g/mol. The molecule has 0 fully saturated rings. The lowest BCUT2D eigenvalue weighted by atomic mass is 10.00. The Balaban J connectivity index is 0.857. The molecule has 0 N–H and O–H groups in total. The highest BCUT2D eigenvalue weighted by molar-refractivity contribution is 6.04. The minimum absolute atomic E-state index is 0.868. The lowest BCUT2D eigenvalue weighted by Crippen LogP contribution is -1.91. The van der Waals surface area contributed by atoms with Crippen molar-refractivity contribution in [1.29, 1.82) is 0 Å². The van der Waals surface area contributed by atoms with Gasteiger partial charge in [-0.3, -0.25) is 0 Å². The summed E-state index contributed by atoms with van der Waals surface area (Å²) >= 11 is 0. The highest BCUT2D eigenvalue weighted by atomic mass is 14.8. The summed E-state index contributed by atoms with van der Waals surface area (Å²) in [5.41, 5.74) is 14.7. The number of hydrogen-bond acceptors (Lipinski definition) is 5. The molecule has 0 unspecified atom stereocenters. The molecule has 0 radical (unpaired) electrons. The monoisotopic (exact) mass is 713 g/mol. The summed E-state index contributed by atoms with van der Waals surface area (Å²) in [6.45, 7) is 0. The van der Waals surface area contributed by atoms with Gasteiger partial charge in [0.05, 0.1) is 56.1 Å². The van der Waals surface area contributed by atoms with Gasteiger partial charge in [0, 0.05) is 43.6 Å². The molecule has 0 atom stereocenters. The molecule has 5 heterocycles. The van der Waals surface area contributed by atoms with E-state index in [0.717, 1.165) is 111 Å². The van der Waals surface area contributed by atoms with E-state index in [2.05, 4.69) is 146 Å². The van der Waals surface area contributed by atoms with E-state index in [9.17, 15) is 0 Å². The van der Waals surface area contributed by atoms with E-state index >= 15 is 0 Å². The minimum atomic E-state index is 0.868. The second-order valence-corrected chi connectivity index (χ2v) is 14.1. The van der Waals surface area contributed by atoms with E-state index in [1.54, 1.807) is 0 Å². The van der Waals surface area contributed by atoms with Crippen LogP contribution < -0.4 is 0 Å². The average molecular weight is 714 g/mol. The van der Waals surface area contributed by atoms with Crippen molar-refractivity contribution in [2.75, 3.05) is 0 Å². The van der Waals surface area contributed by atoms with Crippen molar-refractivity contribution in [3.05, 3.63) is 188 Å². The van der Waals surface area contributed by atoms with Crippen molar-refractivity contribution in [2.24, 2.45) is 0 Å². The summed E-state index contributed by atoms with van der Waals surface area (Å²) in [5.74, 6) is 0. The van der Waals surface area contributed by atoms with Gasteiger partial charge in [-0.25, -0.2) is 24.9 Å². The Morgan fingerprint density at radius 2 is 0.589 bits per heavy atom. The van der Waals surface area contributed by atoms with Crippen molar-refractivity contribution in [3.63, 3.8) is 0 Å². The summed E-state index contributed by atoms with van der Waals surface area (Å²) in [7, 11) is 0. The van der Waals surface area contributed by atoms with Crippen LogP contribution in [0.15, 0.2) is 188 Å². The van der Waals surface area contributed by atoms with E-state index in [-0.39, 0.29) is 0 Å². The molecule has 11 aromatic rings. The van der Waals surface area contributed by atoms with Crippen LogP contribution in [0.2, 0.25) is 0 Å². The molecule has 5 heteroatoms. The first-order valence-corrected chi connectivity index (χ1v) is 18.7. The van der Waals surface area contributed by atoms with E-state index in [1.165, 1.54) is 0 Å². The Bertz CT molecular complexity index is 3300. The van der Waals surface area contributed by atoms with Gasteiger partial charge in [-0.05, 0) is 71.8 Å². The third-order valence-electron chi connectivity index (χ3n) is 10.6. The van der Waals surface area contributed by atoms with Crippen LogP contribution in [0.4, 0.5) is 0 Å². The highest BCUT2D eigenvalue weighted by Crippen LogP contribution is 2.32. The Hall–Kier alpha value is -7.63. The Kier molecular flexibility index (Phi) is 7.42. The quantitative estimate of drug-likeness (QED) is 0.166. The zero-order valence-corrected chi connectivity index (χ0v) is 30.1. The third kappa shape index (κ3) is 5.70. The lowest BCUT2D eigenvalue weighted by Gasteiger charge is -2.09. The molecule has 11 rings (SSSR count). The van der Waals surface area contributed by atoms with Crippen LogP contribution in [0.3, 0.4) is 0 Å². The van der Waals surface area contributed by atoms with Gasteiger partial charge in [-0.2, -0.15) is 0 Å². The predicted molar refractivity (Wildman–Crippen MR) is 230 cm³/mol. The van der Waals surface area contributed by atoms with Crippen molar-refractivity contribution < 1.29 is 0 Å². The topological polar surface area (TPSA) is 64.5 Å². The molecule has 5 aromatic heterocycles. The molecule has 0 saturated carbocycles. The van der Waals surface area contributed by atoms with Gasteiger partial charge in [0.25, 0.3) is 0 Å². The maximum absolute atomic E-state index is 5.14. The molecular formula is C51H31N5. The molecule has 5 nitrogen and oxygen atoms in total. The summed E-state index contributed by atoms with van der Waals surface area (Å²) in [6, 6.07) is 65.1. The van der Waals surface area contributed by atoms with Gasteiger partial charge >= 0.3 is 0 Å². The van der Waals surface area contributed by atoms with Gasteiger partial charge in [0.15, 0.2) is 0 Å². The molecule has 56 heavy (non-hydrogen) atoms. The average Bonchev–Trinajstić information content (AvgIpc) is 3.28. The van der Waals surface area contributed by atoms with Crippen LogP contribution in [0.1, 0.15) is 0 Å².